The normalized spacial score (nSPS) is 17.6. The molecule has 1 heterocycles. The summed E-state index contributed by atoms with van der Waals surface area (Å²) in [5, 5.41) is 3.37. The molecular formula is C13H18BrFN2. The van der Waals surface area contributed by atoms with Crippen LogP contribution in [0.4, 0.5) is 4.39 Å². The van der Waals surface area contributed by atoms with Crippen molar-refractivity contribution >= 4 is 15.9 Å². The Morgan fingerprint density at radius 2 is 2.12 bits per heavy atom. The highest BCUT2D eigenvalue weighted by molar-refractivity contribution is 9.10. The maximum atomic E-state index is 13.0. The number of nitrogens with zero attached hydrogens (tertiary/aromatic N) is 1. The van der Waals surface area contributed by atoms with Crippen LogP contribution < -0.4 is 5.32 Å². The van der Waals surface area contributed by atoms with Gasteiger partial charge in [-0.3, -0.25) is 4.90 Å². The first-order valence-corrected chi connectivity index (χ1v) is 6.81. The van der Waals surface area contributed by atoms with Crippen molar-refractivity contribution in [2.24, 2.45) is 0 Å². The van der Waals surface area contributed by atoms with Gasteiger partial charge in [0.25, 0.3) is 0 Å². The zero-order valence-electron chi connectivity index (χ0n) is 10.0. The molecule has 1 N–H and O–H groups in total. The van der Waals surface area contributed by atoms with E-state index in [1.54, 1.807) is 0 Å². The molecule has 1 saturated heterocycles. The lowest BCUT2D eigenvalue weighted by Crippen LogP contribution is -2.40. The van der Waals surface area contributed by atoms with Gasteiger partial charge < -0.3 is 5.32 Å². The summed E-state index contributed by atoms with van der Waals surface area (Å²) < 4.78 is 13.8. The first-order chi connectivity index (χ1) is 8.16. The summed E-state index contributed by atoms with van der Waals surface area (Å²) in [7, 11) is 2.14. The molecular weight excluding hydrogens is 283 g/mol. The van der Waals surface area contributed by atoms with E-state index in [4.69, 9.17) is 0 Å². The predicted molar refractivity (Wildman–Crippen MR) is 71.5 cm³/mol. The third kappa shape index (κ3) is 3.50. The molecule has 1 aliphatic rings. The van der Waals surface area contributed by atoms with Gasteiger partial charge in [0.1, 0.15) is 5.82 Å². The van der Waals surface area contributed by atoms with E-state index in [0.29, 0.717) is 6.04 Å². The fraction of sp³-hybridized carbons (Fsp3) is 0.538. The Labute approximate surface area is 110 Å². The van der Waals surface area contributed by atoms with E-state index in [9.17, 15) is 4.39 Å². The highest BCUT2D eigenvalue weighted by Gasteiger charge is 2.18. The quantitative estimate of drug-likeness (QED) is 0.923. The van der Waals surface area contributed by atoms with Crippen LogP contribution >= 0.6 is 15.9 Å². The molecule has 0 spiro atoms. The molecule has 94 valence electrons. The molecule has 17 heavy (non-hydrogen) atoms. The standard InChI is InChI=1S/C13H18BrFN2/c1-17(12-4-6-16-7-5-12)9-10-2-3-11(15)8-13(10)14/h2-3,8,12,16H,4-7,9H2,1H3. The average molecular weight is 301 g/mol. The third-order valence-electron chi connectivity index (χ3n) is 3.37. The zero-order valence-corrected chi connectivity index (χ0v) is 11.6. The Bertz CT molecular complexity index is 378. The van der Waals surface area contributed by atoms with Crippen LogP contribution in [-0.2, 0) is 6.54 Å². The molecule has 0 bridgehead atoms. The summed E-state index contributed by atoms with van der Waals surface area (Å²) in [4.78, 5) is 2.36. The monoisotopic (exact) mass is 300 g/mol. The number of hydrogen-bond donors (Lipinski definition) is 1. The molecule has 0 radical (unpaired) electrons. The average Bonchev–Trinajstić information content (AvgIpc) is 2.34. The maximum Gasteiger partial charge on any atom is 0.124 e. The van der Waals surface area contributed by atoms with Crippen molar-refractivity contribution in [3.05, 3.63) is 34.1 Å². The fourth-order valence-electron chi connectivity index (χ4n) is 2.30. The number of halogens is 2. The van der Waals surface area contributed by atoms with E-state index in [-0.39, 0.29) is 5.82 Å². The number of piperidine rings is 1. The molecule has 2 rings (SSSR count). The van der Waals surface area contributed by atoms with E-state index in [0.717, 1.165) is 29.7 Å². The number of rotatable bonds is 3. The fourth-order valence-corrected chi connectivity index (χ4v) is 2.77. The van der Waals surface area contributed by atoms with E-state index in [2.05, 4.69) is 33.2 Å². The van der Waals surface area contributed by atoms with Crippen molar-refractivity contribution in [2.75, 3.05) is 20.1 Å². The van der Waals surface area contributed by atoms with Crippen LogP contribution in [0.5, 0.6) is 0 Å². The smallest absolute Gasteiger partial charge is 0.124 e. The Morgan fingerprint density at radius 1 is 1.41 bits per heavy atom. The third-order valence-corrected chi connectivity index (χ3v) is 4.11. The van der Waals surface area contributed by atoms with Crippen LogP contribution in [0.3, 0.4) is 0 Å². The van der Waals surface area contributed by atoms with Crippen molar-refractivity contribution in [3.63, 3.8) is 0 Å². The van der Waals surface area contributed by atoms with Crippen LogP contribution in [0, 0.1) is 5.82 Å². The topological polar surface area (TPSA) is 15.3 Å². The van der Waals surface area contributed by atoms with Crippen molar-refractivity contribution < 1.29 is 4.39 Å². The summed E-state index contributed by atoms with van der Waals surface area (Å²) in [6.07, 6.45) is 2.38. The van der Waals surface area contributed by atoms with Crippen LogP contribution in [0.2, 0.25) is 0 Å². The van der Waals surface area contributed by atoms with Crippen molar-refractivity contribution in [2.45, 2.75) is 25.4 Å². The first-order valence-electron chi connectivity index (χ1n) is 6.01. The summed E-state index contributed by atoms with van der Waals surface area (Å²) in [6.45, 7) is 3.06. The van der Waals surface area contributed by atoms with Gasteiger partial charge in [0.2, 0.25) is 0 Å². The van der Waals surface area contributed by atoms with Crippen LogP contribution in [0.1, 0.15) is 18.4 Å². The lowest BCUT2D eigenvalue weighted by Gasteiger charge is -2.31. The molecule has 1 fully saturated rings. The molecule has 0 saturated carbocycles. The second kappa shape index (κ2) is 5.94. The van der Waals surface area contributed by atoms with Gasteiger partial charge in [-0.05, 0) is 50.7 Å². The zero-order chi connectivity index (χ0) is 12.3. The molecule has 0 unspecified atom stereocenters. The minimum Gasteiger partial charge on any atom is -0.317 e. The molecule has 1 aromatic carbocycles. The second-order valence-electron chi connectivity index (χ2n) is 4.63. The summed E-state index contributed by atoms with van der Waals surface area (Å²) >= 11 is 3.42. The van der Waals surface area contributed by atoms with Crippen molar-refractivity contribution in [1.29, 1.82) is 0 Å². The van der Waals surface area contributed by atoms with Gasteiger partial charge in [-0.2, -0.15) is 0 Å². The van der Waals surface area contributed by atoms with E-state index < -0.39 is 0 Å². The van der Waals surface area contributed by atoms with Gasteiger partial charge in [0.15, 0.2) is 0 Å². The second-order valence-corrected chi connectivity index (χ2v) is 5.49. The minimum atomic E-state index is -0.190. The molecule has 0 aliphatic carbocycles. The molecule has 4 heteroatoms. The first kappa shape index (κ1) is 13.0. The van der Waals surface area contributed by atoms with Gasteiger partial charge in [0.05, 0.1) is 0 Å². The van der Waals surface area contributed by atoms with Crippen molar-refractivity contribution in [3.8, 4) is 0 Å². The Kier molecular flexibility index (Phi) is 4.54. The van der Waals surface area contributed by atoms with E-state index in [1.165, 1.54) is 25.0 Å². The van der Waals surface area contributed by atoms with Gasteiger partial charge in [0, 0.05) is 17.1 Å². The molecule has 0 atom stereocenters. The number of nitrogens with one attached hydrogen (secondary N) is 1. The van der Waals surface area contributed by atoms with Crippen LogP contribution in [0.25, 0.3) is 0 Å². The lowest BCUT2D eigenvalue weighted by molar-refractivity contribution is 0.191. The maximum absolute atomic E-state index is 13.0. The van der Waals surface area contributed by atoms with Crippen LogP contribution in [0.15, 0.2) is 22.7 Å². The summed E-state index contributed by atoms with van der Waals surface area (Å²) in [5.41, 5.74) is 1.15. The molecule has 2 nitrogen and oxygen atoms in total. The molecule has 0 amide bonds. The van der Waals surface area contributed by atoms with Gasteiger partial charge in [-0.1, -0.05) is 22.0 Å². The molecule has 1 aliphatic heterocycles. The highest BCUT2D eigenvalue weighted by atomic mass is 79.9. The Balaban J connectivity index is 1.99. The molecule has 1 aromatic rings. The lowest BCUT2D eigenvalue weighted by atomic mass is 10.0. The van der Waals surface area contributed by atoms with Crippen molar-refractivity contribution in [1.82, 2.24) is 10.2 Å². The predicted octanol–water partition coefficient (Wildman–Crippen LogP) is 2.77. The van der Waals surface area contributed by atoms with Crippen LogP contribution in [-0.4, -0.2) is 31.1 Å². The number of benzene rings is 1. The summed E-state index contributed by atoms with van der Waals surface area (Å²) in [6, 6.07) is 5.55. The highest BCUT2D eigenvalue weighted by Crippen LogP contribution is 2.21. The number of hydrogen-bond acceptors (Lipinski definition) is 2. The Hall–Kier alpha value is -0.450. The SMILES string of the molecule is CN(Cc1ccc(F)cc1Br)C1CCNCC1. The largest absolute Gasteiger partial charge is 0.317 e. The van der Waals surface area contributed by atoms with E-state index in [1.807, 2.05) is 6.07 Å². The van der Waals surface area contributed by atoms with Gasteiger partial charge >= 0.3 is 0 Å². The van der Waals surface area contributed by atoms with Gasteiger partial charge in [-0.25, -0.2) is 4.39 Å². The van der Waals surface area contributed by atoms with E-state index >= 15 is 0 Å². The minimum absolute atomic E-state index is 0.190. The summed E-state index contributed by atoms with van der Waals surface area (Å²) in [5.74, 6) is -0.190. The molecule has 0 aromatic heterocycles. The Morgan fingerprint density at radius 3 is 2.76 bits per heavy atom. The van der Waals surface area contributed by atoms with Gasteiger partial charge in [-0.15, -0.1) is 0 Å².